The summed E-state index contributed by atoms with van der Waals surface area (Å²) in [4.78, 5) is 16.2. The van der Waals surface area contributed by atoms with Crippen molar-refractivity contribution in [2.24, 2.45) is 0 Å². The van der Waals surface area contributed by atoms with E-state index >= 15 is 0 Å². The van der Waals surface area contributed by atoms with Gasteiger partial charge in [0.2, 0.25) is 0 Å². The van der Waals surface area contributed by atoms with Crippen molar-refractivity contribution in [2.75, 3.05) is 11.6 Å². The van der Waals surface area contributed by atoms with E-state index in [1.165, 1.54) is 6.07 Å². The lowest BCUT2D eigenvalue weighted by atomic mass is 10.2. The summed E-state index contributed by atoms with van der Waals surface area (Å²) < 4.78 is 12.7. The molecule has 1 aromatic heterocycles. The van der Waals surface area contributed by atoms with Crippen molar-refractivity contribution in [1.29, 1.82) is 0 Å². The number of nitrogens with zero attached hydrogens (tertiary/aromatic N) is 3. The van der Waals surface area contributed by atoms with E-state index in [9.17, 15) is 14.4 Å². The Hall–Kier alpha value is -1.43. The molecular formula is C10H14FN3O2. The summed E-state index contributed by atoms with van der Waals surface area (Å²) in [7, 11) is 0. The van der Waals surface area contributed by atoms with E-state index in [-0.39, 0.29) is 17.6 Å². The molecule has 1 saturated carbocycles. The molecule has 88 valence electrons. The zero-order valence-corrected chi connectivity index (χ0v) is 8.84. The lowest BCUT2D eigenvalue weighted by Gasteiger charge is -2.27. The lowest BCUT2D eigenvalue weighted by molar-refractivity contribution is 0.274. The lowest BCUT2D eigenvalue weighted by Crippen LogP contribution is -2.36. The maximum absolute atomic E-state index is 12.7. The molecule has 1 aromatic rings. The maximum atomic E-state index is 12.7. The Labute approximate surface area is 92.1 Å². The summed E-state index contributed by atoms with van der Waals surface area (Å²) >= 11 is 0. The third-order valence-electron chi connectivity index (χ3n) is 2.96. The monoisotopic (exact) mass is 227 g/mol. The van der Waals surface area contributed by atoms with Gasteiger partial charge in [0.25, 0.3) is 0 Å². The molecule has 5 nitrogen and oxygen atoms in total. The SMILES string of the molecule is O=c1nc(N(CO)C2CCCC2)ccn1F. The molecule has 1 aliphatic rings. The second-order valence-electron chi connectivity index (χ2n) is 3.93. The van der Waals surface area contributed by atoms with E-state index in [0.29, 0.717) is 5.82 Å². The van der Waals surface area contributed by atoms with Crippen LogP contribution in [0.4, 0.5) is 10.3 Å². The number of aromatic nitrogens is 2. The van der Waals surface area contributed by atoms with Crippen LogP contribution in [-0.2, 0) is 0 Å². The van der Waals surface area contributed by atoms with E-state index in [4.69, 9.17) is 0 Å². The first kappa shape index (κ1) is 11.1. The highest BCUT2D eigenvalue weighted by atomic mass is 19.2. The minimum Gasteiger partial charge on any atom is -0.376 e. The summed E-state index contributed by atoms with van der Waals surface area (Å²) in [5.74, 6) is 0.341. The molecule has 0 unspecified atom stereocenters. The van der Waals surface area contributed by atoms with E-state index in [0.717, 1.165) is 31.9 Å². The van der Waals surface area contributed by atoms with Gasteiger partial charge in [0.15, 0.2) is 0 Å². The van der Waals surface area contributed by atoms with Crippen molar-refractivity contribution in [3.63, 3.8) is 0 Å². The predicted octanol–water partition coefficient (Wildman–Crippen LogP) is 0.675. The highest BCUT2D eigenvalue weighted by Gasteiger charge is 2.23. The van der Waals surface area contributed by atoms with Gasteiger partial charge in [-0.05, 0) is 12.8 Å². The summed E-state index contributed by atoms with van der Waals surface area (Å²) in [5, 5.41) is 9.28. The summed E-state index contributed by atoms with van der Waals surface area (Å²) in [6.45, 7) is -0.201. The third kappa shape index (κ3) is 2.06. The topological polar surface area (TPSA) is 58.4 Å². The number of rotatable bonds is 3. The number of halogens is 1. The van der Waals surface area contributed by atoms with Crippen LogP contribution in [0.2, 0.25) is 0 Å². The highest BCUT2D eigenvalue weighted by molar-refractivity contribution is 5.37. The number of aliphatic hydroxyl groups is 1. The standard InChI is InChI=1S/C10H14FN3O2/c11-14-6-5-9(12-10(14)16)13(7-15)8-3-1-2-4-8/h5-6,8,15H,1-4,7H2. The molecular weight excluding hydrogens is 213 g/mol. The third-order valence-corrected chi connectivity index (χ3v) is 2.96. The molecule has 1 fully saturated rings. The van der Waals surface area contributed by atoms with Crippen LogP contribution in [0, 0.1) is 0 Å². The van der Waals surface area contributed by atoms with Gasteiger partial charge < -0.3 is 10.0 Å². The van der Waals surface area contributed by atoms with Crippen molar-refractivity contribution < 1.29 is 9.59 Å². The van der Waals surface area contributed by atoms with Crippen LogP contribution in [0.5, 0.6) is 0 Å². The van der Waals surface area contributed by atoms with Gasteiger partial charge in [-0.25, -0.2) is 4.79 Å². The fraction of sp³-hybridized carbons (Fsp3) is 0.600. The molecule has 0 saturated heterocycles. The van der Waals surface area contributed by atoms with Crippen molar-refractivity contribution in [3.05, 3.63) is 22.7 Å². The number of aliphatic hydroxyl groups excluding tert-OH is 1. The van der Waals surface area contributed by atoms with Crippen LogP contribution < -0.4 is 10.6 Å². The fourth-order valence-corrected chi connectivity index (χ4v) is 2.13. The Balaban J connectivity index is 2.25. The molecule has 0 atom stereocenters. The van der Waals surface area contributed by atoms with Gasteiger partial charge in [-0.15, -0.1) is 4.79 Å². The molecule has 0 radical (unpaired) electrons. The smallest absolute Gasteiger partial charge is 0.376 e. The van der Waals surface area contributed by atoms with E-state index in [1.54, 1.807) is 4.90 Å². The molecule has 0 spiro atoms. The number of hydrogen-bond donors (Lipinski definition) is 1. The Bertz CT molecular complexity index is 415. The second kappa shape index (κ2) is 4.61. The average Bonchev–Trinajstić information content (AvgIpc) is 2.78. The first-order valence-corrected chi connectivity index (χ1v) is 5.35. The minimum atomic E-state index is -0.950. The quantitative estimate of drug-likeness (QED) is 0.771. The first-order valence-electron chi connectivity index (χ1n) is 5.35. The fourth-order valence-electron chi connectivity index (χ4n) is 2.13. The van der Waals surface area contributed by atoms with E-state index in [1.807, 2.05) is 0 Å². The van der Waals surface area contributed by atoms with Gasteiger partial charge in [0.05, 0.1) is 0 Å². The molecule has 16 heavy (non-hydrogen) atoms. The van der Waals surface area contributed by atoms with Gasteiger partial charge in [-0.3, -0.25) is 0 Å². The largest absolute Gasteiger partial charge is 0.377 e. The van der Waals surface area contributed by atoms with Crippen molar-refractivity contribution in [2.45, 2.75) is 31.7 Å². The predicted molar refractivity (Wildman–Crippen MR) is 56.8 cm³/mol. The molecule has 1 heterocycles. The maximum Gasteiger partial charge on any atom is 0.377 e. The average molecular weight is 227 g/mol. The van der Waals surface area contributed by atoms with Crippen LogP contribution in [0.25, 0.3) is 0 Å². The van der Waals surface area contributed by atoms with Gasteiger partial charge in [0, 0.05) is 18.3 Å². The van der Waals surface area contributed by atoms with Crippen LogP contribution in [0.15, 0.2) is 17.1 Å². The van der Waals surface area contributed by atoms with Crippen molar-refractivity contribution >= 4 is 5.82 Å². The van der Waals surface area contributed by atoms with Crippen LogP contribution in [-0.4, -0.2) is 27.7 Å². The molecule has 1 aliphatic carbocycles. The van der Waals surface area contributed by atoms with Gasteiger partial charge in [0.1, 0.15) is 12.5 Å². The molecule has 6 heteroatoms. The van der Waals surface area contributed by atoms with Crippen molar-refractivity contribution in [3.8, 4) is 0 Å². The van der Waals surface area contributed by atoms with Gasteiger partial charge in [-0.2, -0.15) is 4.98 Å². The van der Waals surface area contributed by atoms with Crippen molar-refractivity contribution in [1.82, 2.24) is 9.77 Å². The summed E-state index contributed by atoms with van der Waals surface area (Å²) in [6, 6.07) is 1.60. The Morgan fingerprint density at radius 3 is 2.81 bits per heavy atom. The second-order valence-corrected chi connectivity index (χ2v) is 3.93. The molecule has 1 N–H and O–H groups in total. The number of hydrogen-bond acceptors (Lipinski definition) is 4. The Morgan fingerprint density at radius 2 is 2.25 bits per heavy atom. The molecule has 0 bridgehead atoms. The first-order chi connectivity index (χ1) is 7.72. The highest BCUT2D eigenvalue weighted by Crippen LogP contribution is 2.25. The van der Waals surface area contributed by atoms with E-state index in [2.05, 4.69) is 4.98 Å². The van der Waals surface area contributed by atoms with E-state index < -0.39 is 5.69 Å². The molecule has 0 aliphatic heterocycles. The normalized spacial score (nSPS) is 16.6. The Kier molecular flexibility index (Phi) is 3.19. The minimum absolute atomic E-state index is 0.0757. The zero-order valence-electron chi connectivity index (χ0n) is 8.84. The van der Waals surface area contributed by atoms with Gasteiger partial charge >= 0.3 is 5.69 Å². The molecule has 0 amide bonds. The van der Waals surface area contributed by atoms with Crippen LogP contribution >= 0.6 is 0 Å². The Morgan fingerprint density at radius 1 is 1.56 bits per heavy atom. The van der Waals surface area contributed by atoms with Crippen LogP contribution in [0.3, 0.4) is 0 Å². The summed E-state index contributed by atoms with van der Waals surface area (Å²) in [6.07, 6.45) is 5.19. The van der Waals surface area contributed by atoms with Gasteiger partial charge in [-0.1, -0.05) is 17.3 Å². The van der Waals surface area contributed by atoms with Crippen LogP contribution in [0.1, 0.15) is 25.7 Å². The molecule has 2 rings (SSSR count). The molecule has 0 aromatic carbocycles. The zero-order chi connectivity index (χ0) is 11.5. The number of anilines is 1. The summed E-state index contributed by atoms with van der Waals surface area (Å²) in [5.41, 5.74) is -0.950.